The third-order valence-corrected chi connectivity index (χ3v) is 2.56. The molecule has 6 heteroatoms. The molecule has 1 saturated heterocycles. The summed E-state index contributed by atoms with van der Waals surface area (Å²) >= 11 is 0. The maximum atomic E-state index is 11.7. The van der Waals surface area contributed by atoms with Gasteiger partial charge in [0.2, 0.25) is 0 Å². The summed E-state index contributed by atoms with van der Waals surface area (Å²) in [5.41, 5.74) is 0. The molecular formula is C10H16N4O2. The lowest BCUT2D eigenvalue weighted by Crippen LogP contribution is -2.47. The van der Waals surface area contributed by atoms with Crippen LogP contribution in [0.2, 0.25) is 0 Å². The Hall–Kier alpha value is -1.40. The number of morpholine rings is 1. The zero-order valence-electron chi connectivity index (χ0n) is 9.27. The lowest BCUT2D eigenvalue weighted by atomic mass is 10.3. The zero-order chi connectivity index (χ0) is 11.4. The topological polar surface area (TPSA) is 68.2 Å². The Morgan fingerprint density at radius 3 is 3.31 bits per heavy atom. The average Bonchev–Trinajstić information content (AvgIpc) is 2.73. The molecule has 1 unspecified atom stereocenters. The quantitative estimate of drug-likeness (QED) is 0.693. The van der Waals surface area contributed by atoms with E-state index in [0.717, 1.165) is 12.4 Å². The van der Waals surface area contributed by atoms with Gasteiger partial charge in [-0.05, 0) is 0 Å². The second-order valence-electron chi connectivity index (χ2n) is 3.74. The number of hydrogen-bond acceptors (Lipinski definition) is 4. The average molecular weight is 224 g/mol. The molecule has 6 nitrogen and oxygen atoms in total. The predicted molar refractivity (Wildman–Crippen MR) is 57.7 cm³/mol. The number of hydrogen-bond donors (Lipinski definition) is 2. The monoisotopic (exact) mass is 224 g/mol. The Labute approximate surface area is 94.0 Å². The van der Waals surface area contributed by atoms with Crippen LogP contribution in [-0.2, 0) is 23.1 Å². The van der Waals surface area contributed by atoms with Crippen molar-refractivity contribution in [2.24, 2.45) is 7.05 Å². The first-order valence-electron chi connectivity index (χ1n) is 5.33. The summed E-state index contributed by atoms with van der Waals surface area (Å²) in [6.07, 6.45) is 3.18. The Morgan fingerprint density at radius 2 is 2.69 bits per heavy atom. The van der Waals surface area contributed by atoms with E-state index in [1.165, 1.54) is 0 Å². The van der Waals surface area contributed by atoms with Crippen molar-refractivity contribution in [3.8, 4) is 0 Å². The summed E-state index contributed by atoms with van der Waals surface area (Å²) in [5.74, 6) is 0.743. The molecule has 1 amide bonds. The van der Waals surface area contributed by atoms with Gasteiger partial charge in [-0.2, -0.15) is 0 Å². The van der Waals surface area contributed by atoms with E-state index in [9.17, 15) is 4.79 Å². The van der Waals surface area contributed by atoms with E-state index in [2.05, 4.69) is 15.6 Å². The van der Waals surface area contributed by atoms with Gasteiger partial charge in [-0.25, -0.2) is 4.98 Å². The maximum absolute atomic E-state index is 11.7. The van der Waals surface area contributed by atoms with Crippen molar-refractivity contribution in [1.82, 2.24) is 20.2 Å². The van der Waals surface area contributed by atoms with Crippen molar-refractivity contribution >= 4 is 5.91 Å². The molecular weight excluding hydrogens is 208 g/mol. The number of nitrogens with one attached hydrogen (secondary N) is 2. The molecule has 0 bridgehead atoms. The fourth-order valence-corrected chi connectivity index (χ4v) is 1.58. The minimum atomic E-state index is -0.381. The van der Waals surface area contributed by atoms with Gasteiger partial charge in [0.25, 0.3) is 5.91 Å². The molecule has 0 saturated carbocycles. The molecule has 1 aliphatic rings. The van der Waals surface area contributed by atoms with Crippen molar-refractivity contribution in [3.63, 3.8) is 0 Å². The molecule has 1 atom stereocenters. The molecule has 1 aliphatic heterocycles. The van der Waals surface area contributed by atoms with Gasteiger partial charge in [-0.1, -0.05) is 0 Å². The van der Waals surface area contributed by atoms with Crippen LogP contribution >= 0.6 is 0 Å². The number of carbonyl (C=O) groups is 1. The molecule has 88 valence electrons. The van der Waals surface area contributed by atoms with E-state index in [-0.39, 0.29) is 12.0 Å². The highest BCUT2D eigenvalue weighted by Crippen LogP contribution is 1.98. The van der Waals surface area contributed by atoms with Gasteiger partial charge in [-0.15, -0.1) is 0 Å². The van der Waals surface area contributed by atoms with Gasteiger partial charge in [-0.3, -0.25) is 4.79 Å². The number of carbonyl (C=O) groups excluding carboxylic acids is 1. The number of amides is 1. The Bertz CT molecular complexity index is 357. The molecule has 1 aromatic heterocycles. The molecule has 0 spiro atoms. The minimum Gasteiger partial charge on any atom is -0.366 e. The summed E-state index contributed by atoms with van der Waals surface area (Å²) in [6.45, 7) is 2.40. The van der Waals surface area contributed by atoms with E-state index in [0.29, 0.717) is 19.7 Å². The van der Waals surface area contributed by atoms with Crippen LogP contribution in [0.25, 0.3) is 0 Å². The van der Waals surface area contributed by atoms with Gasteiger partial charge in [0.1, 0.15) is 11.9 Å². The largest absolute Gasteiger partial charge is 0.366 e. The van der Waals surface area contributed by atoms with Gasteiger partial charge in [0.15, 0.2) is 0 Å². The molecule has 2 rings (SSSR count). The lowest BCUT2D eigenvalue weighted by Gasteiger charge is -2.22. The lowest BCUT2D eigenvalue weighted by molar-refractivity contribution is -0.134. The number of aromatic nitrogens is 2. The van der Waals surface area contributed by atoms with E-state index in [1.54, 1.807) is 6.20 Å². The second kappa shape index (κ2) is 5.09. The normalized spacial score (nSPS) is 20.7. The standard InChI is InChI=1S/C10H16N4O2/c1-14-4-2-12-9(14)7-13-10(15)8-6-11-3-5-16-8/h2,4,8,11H,3,5-7H2,1H3,(H,13,15). The summed E-state index contributed by atoms with van der Waals surface area (Å²) in [4.78, 5) is 15.8. The van der Waals surface area contributed by atoms with Crippen molar-refractivity contribution in [2.75, 3.05) is 19.7 Å². The van der Waals surface area contributed by atoms with Crippen molar-refractivity contribution in [3.05, 3.63) is 18.2 Å². The molecule has 0 aliphatic carbocycles. The number of imidazole rings is 1. The Morgan fingerprint density at radius 1 is 1.81 bits per heavy atom. The molecule has 2 heterocycles. The predicted octanol–water partition coefficient (Wildman–Crippen LogP) is -0.975. The zero-order valence-corrected chi connectivity index (χ0v) is 9.27. The molecule has 1 fully saturated rings. The molecule has 0 radical (unpaired) electrons. The van der Waals surface area contributed by atoms with E-state index in [4.69, 9.17) is 4.74 Å². The second-order valence-corrected chi connectivity index (χ2v) is 3.74. The third-order valence-electron chi connectivity index (χ3n) is 2.56. The van der Waals surface area contributed by atoms with Crippen molar-refractivity contribution in [2.45, 2.75) is 12.6 Å². The molecule has 2 N–H and O–H groups in total. The SMILES string of the molecule is Cn1ccnc1CNC(=O)C1CNCCO1. The number of nitrogens with zero attached hydrogens (tertiary/aromatic N) is 2. The highest BCUT2D eigenvalue weighted by Gasteiger charge is 2.21. The smallest absolute Gasteiger partial charge is 0.250 e. The third kappa shape index (κ3) is 2.59. The molecule has 16 heavy (non-hydrogen) atoms. The number of ether oxygens (including phenoxy) is 1. The van der Waals surface area contributed by atoms with Gasteiger partial charge in [0.05, 0.1) is 13.2 Å². The Balaban J connectivity index is 1.81. The summed E-state index contributed by atoms with van der Waals surface area (Å²) < 4.78 is 7.21. The van der Waals surface area contributed by atoms with Gasteiger partial charge in [0, 0.05) is 32.5 Å². The van der Waals surface area contributed by atoms with Gasteiger partial charge >= 0.3 is 0 Å². The Kier molecular flexibility index (Phi) is 3.53. The van der Waals surface area contributed by atoms with Crippen LogP contribution in [0.4, 0.5) is 0 Å². The van der Waals surface area contributed by atoms with E-state index < -0.39 is 0 Å². The van der Waals surface area contributed by atoms with Crippen LogP contribution in [0.3, 0.4) is 0 Å². The van der Waals surface area contributed by atoms with Crippen molar-refractivity contribution in [1.29, 1.82) is 0 Å². The fraction of sp³-hybridized carbons (Fsp3) is 0.600. The first kappa shape index (κ1) is 11.1. The van der Waals surface area contributed by atoms with Crippen LogP contribution in [-0.4, -0.2) is 41.3 Å². The highest BCUT2D eigenvalue weighted by atomic mass is 16.5. The van der Waals surface area contributed by atoms with E-state index >= 15 is 0 Å². The van der Waals surface area contributed by atoms with Crippen LogP contribution in [0.5, 0.6) is 0 Å². The van der Waals surface area contributed by atoms with E-state index in [1.807, 2.05) is 17.8 Å². The number of rotatable bonds is 3. The summed E-state index contributed by atoms with van der Waals surface area (Å²) in [5, 5.41) is 5.92. The van der Waals surface area contributed by atoms with Gasteiger partial charge < -0.3 is 19.9 Å². The van der Waals surface area contributed by atoms with Crippen molar-refractivity contribution < 1.29 is 9.53 Å². The molecule has 0 aromatic carbocycles. The number of aryl methyl sites for hydroxylation is 1. The summed E-state index contributed by atoms with van der Waals surface area (Å²) in [6, 6.07) is 0. The maximum Gasteiger partial charge on any atom is 0.250 e. The van der Waals surface area contributed by atoms with Crippen LogP contribution < -0.4 is 10.6 Å². The first-order valence-corrected chi connectivity index (χ1v) is 5.33. The first-order chi connectivity index (χ1) is 7.77. The fourth-order valence-electron chi connectivity index (χ4n) is 1.58. The highest BCUT2D eigenvalue weighted by molar-refractivity contribution is 5.81. The van der Waals surface area contributed by atoms with Crippen LogP contribution in [0, 0.1) is 0 Å². The van der Waals surface area contributed by atoms with Crippen LogP contribution in [0.1, 0.15) is 5.82 Å². The van der Waals surface area contributed by atoms with Crippen LogP contribution in [0.15, 0.2) is 12.4 Å². The minimum absolute atomic E-state index is 0.0878. The molecule has 1 aromatic rings. The summed E-state index contributed by atoms with van der Waals surface area (Å²) in [7, 11) is 1.90.